The average Bonchev–Trinajstić information content (AvgIpc) is 2.66. The number of benzene rings is 2. The van der Waals surface area contributed by atoms with Crippen LogP contribution in [-0.4, -0.2) is 23.9 Å². The fourth-order valence-corrected chi connectivity index (χ4v) is 2.45. The van der Waals surface area contributed by atoms with Gasteiger partial charge in [-0.3, -0.25) is 14.9 Å². The number of hydrogen-bond acceptors (Lipinski definition) is 5. The van der Waals surface area contributed by atoms with E-state index in [4.69, 9.17) is 5.73 Å². The van der Waals surface area contributed by atoms with E-state index in [1.54, 1.807) is 0 Å². The zero-order valence-electron chi connectivity index (χ0n) is 14.7. The van der Waals surface area contributed by atoms with Crippen molar-refractivity contribution in [1.29, 1.82) is 0 Å². The molecule has 1 amide bonds. The van der Waals surface area contributed by atoms with Crippen molar-refractivity contribution >= 4 is 17.3 Å². The van der Waals surface area contributed by atoms with Crippen molar-refractivity contribution in [3.05, 3.63) is 69.8 Å². The summed E-state index contributed by atoms with van der Waals surface area (Å²) in [6.07, 6.45) is -4.71. The van der Waals surface area contributed by atoms with Crippen LogP contribution in [-0.2, 0) is 11.0 Å². The molecular weight excluding hydrogens is 377 g/mol. The molecule has 10 heteroatoms. The zero-order chi connectivity index (χ0) is 20.7. The van der Waals surface area contributed by atoms with Gasteiger partial charge in [0.15, 0.2) is 0 Å². The molecule has 0 fully saturated rings. The molecule has 4 N–H and O–H groups in total. The van der Waals surface area contributed by atoms with E-state index in [1.807, 2.05) is 30.3 Å². The summed E-state index contributed by atoms with van der Waals surface area (Å²) in [5.74, 6) is -0.339. The Morgan fingerprint density at radius 2 is 1.86 bits per heavy atom. The second-order valence-electron chi connectivity index (χ2n) is 5.98. The Balaban J connectivity index is 1.87. The first kappa shape index (κ1) is 21.2. The molecule has 0 saturated heterocycles. The molecule has 0 bridgehead atoms. The van der Waals surface area contributed by atoms with E-state index in [0.29, 0.717) is 6.07 Å². The second-order valence-corrected chi connectivity index (χ2v) is 5.98. The summed E-state index contributed by atoms with van der Waals surface area (Å²) < 4.78 is 38.1. The van der Waals surface area contributed by atoms with Gasteiger partial charge in [0.25, 0.3) is 5.69 Å². The number of hydrogen-bond donors (Lipinski definition) is 3. The molecule has 0 aromatic heterocycles. The lowest BCUT2D eigenvalue weighted by atomic mass is 10.1. The summed E-state index contributed by atoms with van der Waals surface area (Å²) in [4.78, 5) is 22.0. The Morgan fingerprint density at radius 1 is 1.18 bits per heavy atom. The third-order valence-electron chi connectivity index (χ3n) is 3.94. The molecule has 2 rings (SSSR count). The largest absolute Gasteiger partial charge is 0.416 e. The minimum atomic E-state index is -4.68. The topological polar surface area (TPSA) is 110 Å². The van der Waals surface area contributed by atoms with E-state index >= 15 is 0 Å². The van der Waals surface area contributed by atoms with Gasteiger partial charge in [-0.25, -0.2) is 0 Å². The number of nitro groups is 1. The lowest BCUT2D eigenvalue weighted by Crippen LogP contribution is -2.32. The predicted molar refractivity (Wildman–Crippen MR) is 97.6 cm³/mol. The standard InChI is InChI=1S/C18H19F3N4O3/c19-18(20,21)13-6-7-15(16(10-13)25(27)28)23-9-8-17(26)24-11-14(22)12-4-2-1-3-5-12/h1-7,10,14,23H,8-9,11,22H2,(H,24,26). The highest BCUT2D eigenvalue weighted by atomic mass is 19.4. The van der Waals surface area contributed by atoms with Gasteiger partial charge in [0.05, 0.1) is 10.5 Å². The van der Waals surface area contributed by atoms with Crippen molar-refractivity contribution in [3.8, 4) is 0 Å². The average molecular weight is 396 g/mol. The molecule has 150 valence electrons. The first-order valence-electron chi connectivity index (χ1n) is 8.35. The van der Waals surface area contributed by atoms with E-state index in [0.717, 1.165) is 17.7 Å². The SMILES string of the molecule is NC(CNC(=O)CCNc1ccc(C(F)(F)F)cc1[N+](=O)[O-])c1ccccc1. The van der Waals surface area contributed by atoms with Crippen LogP contribution in [0.4, 0.5) is 24.5 Å². The van der Waals surface area contributed by atoms with Gasteiger partial charge < -0.3 is 16.4 Å². The van der Waals surface area contributed by atoms with E-state index in [9.17, 15) is 28.1 Å². The lowest BCUT2D eigenvalue weighted by Gasteiger charge is -2.14. The molecule has 0 spiro atoms. The molecule has 0 radical (unpaired) electrons. The number of nitro benzene ring substituents is 1. The van der Waals surface area contributed by atoms with Crippen molar-refractivity contribution in [2.24, 2.45) is 5.73 Å². The molecular formula is C18H19F3N4O3. The van der Waals surface area contributed by atoms with Crippen molar-refractivity contribution in [2.45, 2.75) is 18.6 Å². The van der Waals surface area contributed by atoms with Gasteiger partial charge >= 0.3 is 6.18 Å². The van der Waals surface area contributed by atoms with Crippen LogP contribution < -0.4 is 16.4 Å². The monoisotopic (exact) mass is 396 g/mol. The molecule has 0 saturated carbocycles. The highest BCUT2D eigenvalue weighted by Crippen LogP contribution is 2.34. The summed E-state index contributed by atoms with van der Waals surface area (Å²) in [5.41, 5.74) is 4.92. The van der Waals surface area contributed by atoms with Crippen LogP contribution in [0.3, 0.4) is 0 Å². The molecule has 1 unspecified atom stereocenters. The molecule has 2 aromatic carbocycles. The van der Waals surface area contributed by atoms with Crippen molar-refractivity contribution in [1.82, 2.24) is 5.32 Å². The number of halogens is 3. The molecule has 0 heterocycles. The minimum Gasteiger partial charge on any atom is -0.379 e. The Bertz CT molecular complexity index is 829. The molecule has 0 aliphatic heterocycles. The number of carbonyl (C=O) groups excluding carboxylic acids is 1. The van der Waals surface area contributed by atoms with Gasteiger partial charge in [-0.15, -0.1) is 0 Å². The van der Waals surface area contributed by atoms with Crippen LogP contribution in [0, 0.1) is 10.1 Å². The first-order valence-corrected chi connectivity index (χ1v) is 8.35. The smallest absolute Gasteiger partial charge is 0.379 e. The summed E-state index contributed by atoms with van der Waals surface area (Å²) in [5, 5.41) is 16.3. The summed E-state index contributed by atoms with van der Waals surface area (Å²) in [6.45, 7) is 0.224. The summed E-state index contributed by atoms with van der Waals surface area (Å²) in [6, 6.07) is 11.0. The van der Waals surface area contributed by atoms with Crippen LogP contribution in [0.15, 0.2) is 48.5 Å². The number of nitrogens with two attached hydrogens (primary N) is 1. The van der Waals surface area contributed by atoms with Crippen LogP contribution in [0.1, 0.15) is 23.6 Å². The highest BCUT2D eigenvalue weighted by Gasteiger charge is 2.33. The summed E-state index contributed by atoms with van der Waals surface area (Å²) in [7, 11) is 0. The Hall–Kier alpha value is -3.14. The maximum atomic E-state index is 12.7. The number of amides is 1. The van der Waals surface area contributed by atoms with Crippen LogP contribution in [0.25, 0.3) is 0 Å². The Kier molecular flexibility index (Phi) is 6.94. The summed E-state index contributed by atoms with van der Waals surface area (Å²) >= 11 is 0. The third-order valence-corrected chi connectivity index (χ3v) is 3.94. The second kappa shape index (κ2) is 9.18. The van der Waals surface area contributed by atoms with E-state index in [1.165, 1.54) is 0 Å². The number of anilines is 1. The highest BCUT2D eigenvalue weighted by molar-refractivity contribution is 5.76. The first-order chi connectivity index (χ1) is 13.2. The Morgan fingerprint density at radius 3 is 2.46 bits per heavy atom. The number of nitrogens with one attached hydrogen (secondary N) is 2. The number of carbonyl (C=O) groups is 1. The van der Waals surface area contributed by atoms with E-state index in [2.05, 4.69) is 10.6 Å². The lowest BCUT2D eigenvalue weighted by molar-refractivity contribution is -0.384. The van der Waals surface area contributed by atoms with E-state index < -0.39 is 22.4 Å². The zero-order valence-corrected chi connectivity index (χ0v) is 14.7. The third kappa shape index (κ3) is 5.95. The normalized spacial score (nSPS) is 12.3. The molecule has 0 aliphatic carbocycles. The fourth-order valence-electron chi connectivity index (χ4n) is 2.45. The van der Waals surface area contributed by atoms with Crippen LogP contribution in [0.5, 0.6) is 0 Å². The fraction of sp³-hybridized carbons (Fsp3) is 0.278. The van der Waals surface area contributed by atoms with Gasteiger partial charge in [-0.2, -0.15) is 13.2 Å². The predicted octanol–water partition coefficient (Wildman–Crippen LogP) is 3.23. The molecule has 0 aliphatic rings. The number of rotatable bonds is 8. The number of nitrogens with zero attached hydrogens (tertiary/aromatic N) is 1. The maximum Gasteiger partial charge on any atom is 0.416 e. The van der Waals surface area contributed by atoms with Gasteiger partial charge in [0.2, 0.25) is 5.91 Å². The van der Waals surface area contributed by atoms with Gasteiger partial charge in [0.1, 0.15) is 5.69 Å². The molecule has 1 atom stereocenters. The van der Waals surface area contributed by atoms with Crippen LogP contribution in [0.2, 0.25) is 0 Å². The Labute approximate surface area is 158 Å². The van der Waals surface area contributed by atoms with Crippen molar-refractivity contribution < 1.29 is 22.9 Å². The number of alkyl halides is 3. The quantitative estimate of drug-likeness (QED) is 0.469. The molecule has 7 nitrogen and oxygen atoms in total. The van der Waals surface area contributed by atoms with Crippen molar-refractivity contribution in [3.63, 3.8) is 0 Å². The maximum absolute atomic E-state index is 12.7. The van der Waals surface area contributed by atoms with Crippen LogP contribution >= 0.6 is 0 Å². The molecule has 28 heavy (non-hydrogen) atoms. The van der Waals surface area contributed by atoms with Gasteiger partial charge in [0, 0.05) is 31.6 Å². The minimum absolute atomic E-state index is 0.0125. The van der Waals surface area contributed by atoms with Crippen molar-refractivity contribution in [2.75, 3.05) is 18.4 Å². The molecule has 2 aromatic rings. The van der Waals surface area contributed by atoms with E-state index in [-0.39, 0.29) is 37.1 Å². The van der Waals surface area contributed by atoms with Gasteiger partial charge in [-0.05, 0) is 17.7 Å². The van der Waals surface area contributed by atoms with Gasteiger partial charge in [-0.1, -0.05) is 30.3 Å².